The third kappa shape index (κ3) is 2.88. The molecule has 2 aromatic rings. The minimum atomic E-state index is -0.0241. The smallest absolute Gasteiger partial charge is 0.242 e. The lowest BCUT2D eigenvalue weighted by Gasteiger charge is -2.26. The molecule has 1 aliphatic carbocycles. The van der Waals surface area contributed by atoms with Crippen molar-refractivity contribution >= 4 is 17.5 Å². The third-order valence-electron chi connectivity index (χ3n) is 4.29. The monoisotopic (exact) mass is 317 g/mol. The predicted molar refractivity (Wildman–Crippen MR) is 87.0 cm³/mol. The van der Waals surface area contributed by atoms with Crippen LogP contribution in [0.5, 0.6) is 0 Å². The SMILES string of the molecule is Cc1nn(CC(=O)NC2CCCc3ccccc32)c(C)c1Cl. The van der Waals surface area contributed by atoms with Gasteiger partial charge >= 0.3 is 0 Å². The van der Waals surface area contributed by atoms with E-state index < -0.39 is 0 Å². The van der Waals surface area contributed by atoms with Crippen molar-refractivity contribution in [3.63, 3.8) is 0 Å². The summed E-state index contributed by atoms with van der Waals surface area (Å²) in [5.74, 6) is -0.0241. The van der Waals surface area contributed by atoms with Crippen molar-refractivity contribution in [2.24, 2.45) is 0 Å². The number of hydrogen-bond donors (Lipinski definition) is 1. The van der Waals surface area contributed by atoms with Crippen molar-refractivity contribution in [1.82, 2.24) is 15.1 Å². The maximum atomic E-state index is 12.3. The summed E-state index contributed by atoms with van der Waals surface area (Å²) in [6, 6.07) is 8.45. The zero-order chi connectivity index (χ0) is 15.7. The molecule has 3 rings (SSSR count). The Morgan fingerprint density at radius 1 is 1.41 bits per heavy atom. The van der Waals surface area contributed by atoms with E-state index in [9.17, 15) is 4.79 Å². The molecule has 1 unspecified atom stereocenters. The molecule has 116 valence electrons. The second-order valence-electron chi connectivity index (χ2n) is 5.85. The highest BCUT2D eigenvalue weighted by molar-refractivity contribution is 6.31. The summed E-state index contributed by atoms with van der Waals surface area (Å²) in [4.78, 5) is 12.3. The van der Waals surface area contributed by atoms with Gasteiger partial charge in [-0.15, -0.1) is 0 Å². The second kappa shape index (κ2) is 6.13. The Bertz CT molecular complexity index is 708. The zero-order valence-electron chi connectivity index (χ0n) is 12.9. The van der Waals surface area contributed by atoms with Crippen LogP contribution in [0, 0.1) is 13.8 Å². The number of halogens is 1. The molecule has 5 heteroatoms. The number of carbonyl (C=O) groups is 1. The molecule has 0 saturated carbocycles. The van der Waals surface area contributed by atoms with Crippen LogP contribution in [0.4, 0.5) is 0 Å². The maximum Gasteiger partial charge on any atom is 0.242 e. The van der Waals surface area contributed by atoms with Crippen LogP contribution in [0.15, 0.2) is 24.3 Å². The van der Waals surface area contributed by atoms with Gasteiger partial charge < -0.3 is 5.32 Å². The Hall–Kier alpha value is -1.81. The van der Waals surface area contributed by atoms with Crippen LogP contribution in [0.1, 0.15) is 41.4 Å². The van der Waals surface area contributed by atoms with Crippen LogP contribution < -0.4 is 5.32 Å². The molecule has 1 N–H and O–H groups in total. The topological polar surface area (TPSA) is 46.9 Å². The number of fused-ring (bicyclic) bond motifs is 1. The van der Waals surface area contributed by atoms with E-state index >= 15 is 0 Å². The minimum absolute atomic E-state index is 0.0241. The largest absolute Gasteiger partial charge is 0.348 e. The van der Waals surface area contributed by atoms with E-state index in [1.807, 2.05) is 19.9 Å². The number of nitrogens with zero attached hydrogens (tertiary/aromatic N) is 2. The van der Waals surface area contributed by atoms with E-state index in [0.29, 0.717) is 5.02 Å². The van der Waals surface area contributed by atoms with Gasteiger partial charge in [0.05, 0.1) is 22.5 Å². The molecule has 1 heterocycles. The quantitative estimate of drug-likeness (QED) is 0.943. The van der Waals surface area contributed by atoms with E-state index in [1.165, 1.54) is 11.1 Å². The fourth-order valence-corrected chi connectivity index (χ4v) is 3.24. The van der Waals surface area contributed by atoms with Crippen molar-refractivity contribution < 1.29 is 4.79 Å². The summed E-state index contributed by atoms with van der Waals surface area (Å²) in [5, 5.41) is 8.08. The van der Waals surface area contributed by atoms with Crippen LogP contribution in [0.2, 0.25) is 5.02 Å². The van der Waals surface area contributed by atoms with Crippen LogP contribution in [-0.2, 0) is 17.8 Å². The third-order valence-corrected chi connectivity index (χ3v) is 4.84. The Labute approximate surface area is 135 Å². The molecule has 0 aliphatic heterocycles. The van der Waals surface area contributed by atoms with Gasteiger partial charge in [-0.3, -0.25) is 9.48 Å². The van der Waals surface area contributed by atoms with Crippen LogP contribution >= 0.6 is 11.6 Å². The number of carbonyl (C=O) groups excluding carboxylic acids is 1. The molecular weight excluding hydrogens is 298 g/mol. The minimum Gasteiger partial charge on any atom is -0.348 e. The Balaban J connectivity index is 1.71. The first-order valence-corrected chi connectivity index (χ1v) is 8.00. The average molecular weight is 318 g/mol. The second-order valence-corrected chi connectivity index (χ2v) is 6.23. The van der Waals surface area contributed by atoms with Gasteiger partial charge in [0.1, 0.15) is 6.54 Å². The van der Waals surface area contributed by atoms with Crippen LogP contribution in [0.3, 0.4) is 0 Å². The first-order valence-electron chi connectivity index (χ1n) is 7.63. The van der Waals surface area contributed by atoms with E-state index in [1.54, 1.807) is 4.68 Å². The first-order chi connectivity index (χ1) is 10.6. The highest BCUT2D eigenvalue weighted by Crippen LogP contribution is 2.29. The predicted octanol–water partition coefficient (Wildman–Crippen LogP) is 3.35. The van der Waals surface area contributed by atoms with E-state index in [4.69, 9.17) is 11.6 Å². The number of benzene rings is 1. The van der Waals surface area contributed by atoms with E-state index in [2.05, 4.69) is 28.6 Å². The molecule has 1 aromatic carbocycles. The summed E-state index contributed by atoms with van der Waals surface area (Å²) in [6.45, 7) is 3.94. The maximum absolute atomic E-state index is 12.3. The van der Waals surface area contributed by atoms with Gasteiger partial charge in [0.15, 0.2) is 0 Å². The normalized spacial score (nSPS) is 17.1. The number of amides is 1. The number of aromatic nitrogens is 2. The lowest BCUT2D eigenvalue weighted by molar-refractivity contribution is -0.122. The Morgan fingerprint density at radius 3 is 2.91 bits per heavy atom. The van der Waals surface area contributed by atoms with Gasteiger partial charge in [-0.1, -0.05) is 35.9 Å². The number of aryl methyl sites for hydroxylation is 2. The summed E-state index contributed by atoms with van der Waals surface area (Å²) in [6.07, 6.45) is 3.18. The van der Waals surface area contributed by atoms with Gasteiger partial charge in [0.25, 0.3) is 0 Å². The van der Waals surface area contributed by atoms with Gasteiger partial charge in [-0.2, -0.15) is 5.10 Å². The summed E-state index contributed by atoms with van der Waals surface area (Å²) >= 11 is 6.13. The highest BCUT2D eigenvalue weighted by Gasteiger charge is 2.22. The number of hydrogen-bond acceptors (Lipinski definition) is 2. The zero-order valence-corrected chi connectivity index (χ0v) is 13.7. The molecule has 0 bridgehead atoms. The van der Waals surface area contributed by atoms with Gasteiger partial charge in [0, 0.05) is 0 Å². The molecule has 1 aromatic heterocycles. The van der Waals surface area contributed by atoms with Crippen molar-refractivity contribution in [2.75, 3.05) is 0 Å². The molecule has 22 heavy (non-hydrogen) atoms. The van der Waals surface area contributed by atoms with Crippen molar-refractivity contribution in [2.45, 2.75) is 45.7 Å². The summed E-state index contributed by atoms with van der Waals surface area (Å²) in [7, 11) is 0. The number of nitrogens with one attached hydrogen (secondary N) is 1. The van der Waals surface area contributed by atoms with Crippen LogP contribution in [0.25, 0.3) is 0 Å². The molecule has 1 amide bonds. The molecule has 0 spiro atoms. The lowest BCUT2D eigenvalue weighted by atomic mass is 9.88. The fourth-order valence-electron chi connectivity index (χ4n) is 3.11. The highest BCUT2D eigenvalue weighted by atomic mass is 35.5. The van der Waals surface area contributed by atoms with Crippen LogP contribution in [-0.4, -0.2) is 15.7 Å². The van der Waals surface area contributed by atoms with Crippen molar-refractivity contribution in [3.8, 4) is 0 Å². The van der Waals surface area contributed by atoms with Crippen molar-refractivity contribution in [3.05, 3.63) is 51.8 Å². The molecular formula is C17H20ClN3O. The van der Waals surface area contributed by atoms with E-state index in [-0.39, 0.29) is 18.5 Å². The standard InChI is InChI=1S/C17H20ClN3O/c1-11-17(18)12(2)21(20-11)10-16(22)19-15-9-5-7-13-6-3-4-8-14(13)15/h3-4,6,8,15H,5,7,9-10H2,1-2H3,(H,19,22). The van der Waals surface area contributed by atoms with Crippen molar-refractivity contribution in [1.29, 1.82) is 0 Å². The van der Waals surface area contributed by atoms with E-state index in [0.717, 1.165) is 30.7 Å². The average Bonchev–Trinajstić information content (AvgIpc) is 2.75. The van der Waals surface area contributed by atoms with Gasteiger partial charge in [0.2, 0.25) is 5.91 Å². The Morgan fingerprint density at radius 2 is 2.18 bits per heavy atom. The molecule has 4 nitrogen and oxygen atoms in total. The Kier molecular flexibility index (Phi) is 4.21. The summed E-state index contributed by atoms with van der Waals surface area (Å²) < 4.78 is 1.67. The van der Waals surface area contributed by atoms with Gasteiger partial charge in [-0.25, -0.2) is 0 Å². The first kappa shape index (κ1) is 15.1. The molecule has 1 atom stereocenters. The molecule has 1 aliphatic rings. The number of rotatable bonds is 3. The molecule has 0 radical (unpaired) electrons. The summed E-state index contributed by atoms with van der Waals surface area (Å²) in [5.41, 5.74) is 4.18. The lowest BCUT2D eigenvalue weighted by Crippen LogP contribution is -2.33. The van der Waals surface area contributed by atoms with Gasteiger partial charge in [-0.05, 0) is 44.2 Å². The molecule has 0 saturated heterocycles. The fraction of sp³-hybridized carbons (Fsp3) is 0.412. The molecule has 0 fully saturated rings.